The summed E-state index contributed by atoms with van der Waals surface area (Å²) in [6.45, 7) is 9.85. The van der Waals surface area contributed by atoms with E-state index < -0.39 is 0 Å². The first kappa shape index (κ1) is 16.7. The van der Waals surface area contributed by atoms with E-state index in [1.165, 1.54) is 19.3 Å². The maximum absolute atomic E-state index is 10.5. The van der Waals surface area contributed by atoms with Crippen molar-refractivity contribution in [2.75, 3.05) is 19.6 Å². The Hall–Kier alpha value is -1.19. The Morgan fingerprint density at radius 3 is 2.83 bits per heavy atom. The smallest absolute Gasteiger partial charge is 0.0711 e. The van der Waals surface area contributed by atoms with Gasteiger partial charge in [0.1, 0.15) is 0 Å². The fourth-order valence-electron chi connectivity index (χ4n) is 4.31. The van der Waals surface area contributed by atoms with Gasteiger partial charge in [-0.2, -0.15) is 0 Å². The summed E-state index contributed by atoms with van der Waals surface area (Å²) in [6.07, 6.45) is 6.32. The second kappa shape index (κ2) is 6.74. The van der Waals surface area contributed by atoms with Crippen LogP contribution in [-0.4, -0.2) is 40.7 Å². The largest absolute Gasteiger partial charge is 0.391 e. The Labute approximate surface area is 140 Å². The molecule has 0 spiro atoms. The maximum atomic E-state index is 10.5. The summed E-state index contributed by atoms with van der Waals surface area (Å²) in [7, 11) is 0. The molecule has 1 aromatic heterocycles. The van der Waals surface area contributed by atoms with Crippen molar-refractivity contribution in [1.82, 2.24) is 9.88 Å². The van der Waals surface area contributed by atoms with Crippen LogP contribution in [0.15, 0.2) is 35.5 Å². The molecule has 3 rings (SSSR count). The topological polar surface area (TPSA) is 36.4 Å². The number of β-amino-alcohol motifs (C(OH)–C–C–N with tert-alkyl or cyclic N) is 1. The van der Waals surface area contributed by atoms with Gasteiger partial charge in [-0.15, -0.1) is 0 Å². The molecule has 23 heavy (non-hydrogen) atoms. The van der Waals surface area contributed by atoms with E-state index in [9.17, 15) is 5.11 Å². The van der Waals surface area contributed by atoms with Crippen LogP contribution < -0.4 is 0 Å². The highest BCUT2D eigenvalue weighted by atomic mass is 16.3. The minimum atomic E-state index is -0.232. The van der Waals surface area contributed by atoms with Crippen molar-refractivity contribution in [2.24, 2.45) is 11.3 Å². The van der Waals surface area contributed by atoms with Crippen LogP contribution in [0, 0.1) is 11.3 Å². The molecule has 0 radical (unpaired) electrons. The van der Waals surface area contributed by atoms with E-state index in [1.807, 2.05) is 18.3 Å². The van der Waals surface area contributed by atoms with Gasteiger partial charge in [0.15, 0.2) is 0 Å². The third-order valence-corrected chi connectivity index (χ3v) is 5.75. The number of pyridine rings is 1. The zero-order valence-corrected chi connectivity index (χ0v) is 14.8. The molecule has 0 unspecified atom stereocenters. The average Bonchev–Trinajstić information content (AvgIpc) is 2.84. The third-order valence-electron chi connectivity index (χ3n) is 5.75. The lowest BCUT2D eigenvalue weighted by atomic mass is 9.72. The number of nitrogens with zero attached hydrogens (tertiary/aromatic N) is 2. The van der Waals surface area contributed by atoms with E-state index in [4.69, 9.17) is 0 Å². The first-order chi connectivity index (χ1) is 11.0. The zero-order valence-electron chi connectivity index (χ0n) is 14.8. The van der Waals surface area contributed by atoms with Crippen LogP contribution in [0.4, 0.5) is 0 Å². The highest BCUT2D eigenvalue weighted by Gasteiger charge is 2.35. The van der Waals surface area contributed by atoms with Gasteiger partial charge < -0.3 is 5.11 Å². The molecule has 3 heteroatoms. The standard InChI is InChI=1S/C20H30N2O/c1-15-7-6-9-20(2,3)18(15)13-22-12-16(19(23)14-22)11-17-8-4-5-10-21-17/h4-5,8,10,16,19,23H,6-7,9,11-14H2,1-3H3/t16-,19-/m1/s1. The number of aliphatic hydroxyl groups is 1. The van der Waals surface area contributed by atoms with Crippen LogP contribution in [0.3, 0.4) is 0 Å². The Morgan fingerprint density at radius 1 is 1.30 bits per heavy atom. The third kappa shape index (κ3) is 3.84. The summed E-state index contributed by atoms with van der Waals surface area (Å²) in [4.78, 5) is 6.86. The molecular weight excluding hydrogens is 284 g/mol. The molecule has 2 atom stereocenters. The van der Waals surface area contributed by atoms with Crippen molar-refractivity contribution in [3.8, 4) is 0 Å². The van der Waals surface area contributed by atoms with Crippen LogP contribution in [0.2, 0.25) is 0 Å². The summed E-state index contributed by atoms with van der Waals surface area (Å²) >= 11 is 0. The van der Waals surface area contributed by atoms with Gasteiger partial charge in [0.05, 0.1) is 6.10 Å². The summed E-state index contributed by atoms with van der Waals surface area (Å²) in [6, 6.07) is 6.04. The van der Waals surface area contributed by atoms with Gasteiger partial charge in [-0.3, -0.25) is 9.88 Å². The van der Waals surface area contributed by atoms with Gasteiger partial charge in [-0.1, -0.05) is 31.1 Å². The Morgan fingerprint density at radius 2 is 2.13 bits per heavy atom. The van der Waals surface area contributed by atoms with E-state index in [-0.39, 0.29) is 6.10 Å². The Kier molecular flexibility index (Phi) is 4.88. The summed E-state index contributed by atoms with van der Waals surface area (Å²) in [5.74, 6) is 0.303. The molecule has 2 heterocycles. The minimum absolute atomic E-state index is 0.232. The lowest BCUT2D eigenvalue weighted by molar-refractivity contribution is 0.141. The van der Waals surface area contributed by atoms with E-state index >= 15 is 0 Å². The molecule has 0 saturated carbocycles. The van der Waals surface area contributed by atoms with Crippen LogP contribution in [0.1, 0.15) is 45.7 Å². The van der Waals surface area contributed by atoms with E-state index in [0.717, 1.165) is 31.7 Å². The van der Waals surface area contributed by atoms with Crippen molar-refractivity contribution in [1.29, 1.82) is 0 Å². The van der Waals surface area contributed by atoms with Gasteiger partial charge >= 0.3 is 0 Å². The fraction of sp³-hybridized carbons (Fsp3) is 0.650. The summed E-state index contributed by atoms with van der Waals surface area (Å²) in [5, 5.41) is 10.5. The number of aliphatic hydroxyl groups excluding tert-OH is 1. The SMILES string of the molecule is CC1=C(CN2C[C@@H](Cc3ccccn3)[C@H](O)C2)C(C)(C)CCC1. The van der Waals surface area contributed by atoms with Crippen molar-refractivity contribution in [2.45, 2.75) is 52.6 Å². The molecule has 1 N–H and O–H groups in total. The molecule has 3 nitrogen and oxygen atoms in total. The number of allylic oxidation sites excluding steroid dienone is 1. The molecule has 2 aliphatic rings. The van der Waals surface area contributed by atoms with Gasteiger partial charge in [-0.25, -0.2) is 0 Å². The summed E-state index contributed by atoms with van der Waals surface area (Å²) < 4.78 is 0. The number of rotatable bonds is 4. The normalized spacial score (nSPS) is 28.3. The van der Waals surface area contributed by atoms with Gasteiger partial charge in [0.25, 0.3) is 0 Å². The molecule has 1 saturated heterocycles. The lowest BCUT2D eigenvalue weighted by Crippen LogP contribution is -2.32. The molecule has 1 aromatic rings. The van der Waals surface area contributed by atoms with Crippen LogP contribution >= 0.6 is 0 Å². The molecule has 1 aliphatic heterocycles. The van der Waals surface area contributed by atoms with Crippen LogP contribution in [0.5, 0.6) is 0 Å². The van der Waals surface area contributed by atoms with Gasteiger partial charge in [0, 0.05) is 37.4 Å². The number of likely N-dealkylation sites (tertiary alicyclic amines) is 1. The molecule has 1 aliphatic carbocycles. The van der Waals surface area contributed by atoms with Crippen molar-refractivity contribution < 1.29 is 5.11 Å². The van der Waals surface area contributed by atoms with Gasteiger partial charge in [0.2, 0.25) is 0 Å². The van der Waals surface area contributed by atoms with Crippen LogP contribution in [-0.2, 0) is 6.42 Å². The van der Waals surface area contributed by atoms with Crippen molar-refractivity contribution in [3.63, 3.8) is 0 Å². The second-order valence-corrected chi connectivity index (χ2v) is 8.04. The molecule has 126 valence electrons. The predicted octanol–water partition coefficient (Wildman–Crippen LogP) is 3.44. The highest BCUT2D eigenvalue weighted by molar-refractivity contribution is 5.24. The lowest BCUT2D eigenvalue weighted by Gasteiger charge is -2.36. The Bertz CT molecular complexity index is 564. The highest BCUT2D eigenvalue weighted by Crippen LogP contribution is 2.41. The quantitative estimate of drug-likeness (QED) is 0.865. The fourth-order valence-corrected chi connectivity index (χ4v) is 4.31. The number of hydrogen-bond donors (Lipinski definition) is 1. The molecule has 0 amide bonds. The molecule has 0 aromatic carbocycles. The number of aromatic nitrogens is 1. The summed E-state index contributed by atoms with van der Waals surface area (Å²) in [5.41, 5.74) is 4.58. The molecule has 1 fully saturated rings. The molecular formula is C20H30N2O. The van der Waals surface area contributed by atoms with E-state index in [0.29, 0.717) is 11.3 Å². The zero-order chi connectivity index (χ0) is 16.4. The Balaban J connectivity index is 1.65. The maximum Gasteiger partial charge on any atom is 0.0711 e. The van der Waals surface area contributed by atoms with Crippen molar-refractivity contribution >= 4 is 0 Å². The van der Waals surface area contributed by atoms with E-state index in [2.05, 4.69) is 36.7 Å². The first-order valence-electron chi connectivity index (χ1n) is 8.95. The average molecular weight is 314 g/mol. The second-order valence-electron chi connectivity index (χ2n) is 8.04. The first-order valence-corrected chi connectivity index (χ1v) is 8.95. The van der Waals surface area contributed by atoms with Crippen molar-refractivity contribution in [3.05, 3.63) is 41.2 Å². The monoisotopic (exact) mass is 314 g/mol. The van der Waals surface area contributed by atoms with Crippen LogP contribution in [0.25, 0.3) is 0 Å². The predicted molar refractivity (Wildman–Crippen MR) is 94.2 cm³/mol. The number of hydrogen-bond acceptors (Lipinski definition) is 3. The van der Waals surface area contributed by atoms with Gasteiger partial charge in [-0.05, 0) is 50.2 Å². The molecule has 0 bridgehead atoms. The van der Waals surface area contributed by atoms with E-state index in [1.54, 1.807) is 11.1 Å². The minimum Gasteiger partial charge on any atom is -0.391 e.